The first kappa shape index (κ1) is 14.5. The topological polar surface area (TPSA) is 80.3 Å². The zero-order chi connectivity index (χ0) is 10.6. The average molecular weight is 262 g/mol. The Morgan fingerprint density at radius 3 is 1.07 bits per heavy atom. The predicted octanol–water partition coefficient (Wildman–Crippen LogP) is -0.930. The third-order valence-corrected chi connectivity index (χ3v) is 2.88. The largest absolute Gasteiger partial charge is 2.00 e. The monoisotopic (exact) mass is 261 g/mol. The number of hydrogen-bond acceptors (Lipinski definition) is 4. The molecule has 0 saturated heterocycles. The van der Waals surface area contributed by atoms with Gasteiger partial charge in [0.1, 0.15) is 0 Å². The van der Waals surface area contributed by atoms with Crippen molar-refractivity contribution in [1.82, 2.24) is 0 Å². The molecule has 0 unspecified atom stereocenters. The van der Waals surface area contributed by atoms with Crippen LogP contribution < -0.4 is 10.2 Å². The number of carboxylic acids is 2. The smallest absolute Gasteiger partial charge is 0.550 e. The molecular weight excluding hydrogens is 248 g/mol. The van der Waals surface area contributed by atoms with Crippen molar-refractivity contribution in [2.75, 3.05) is 0 Å². The minimum absolute atomic E-state index is 0. The summed E-state index contributed by atoms with van der Waals surface area (Å²) in [5, 5.41) is 19.7. The van der Waals surface area contributed by atoms with E-state index in [9.17, 15) is 19.8 Å². The van der Waals surface area contributed by atoms with Crippen LogP contribution in [0.4, 0.5) is 0 Å². The van der Waals surface area contributed by atoms with Crippen LogP contribution in [0.5, 0.6) is 0 Å². The predicted molar refractivity (Wildman–Crippen MR) is 44.7 cm³/mol. The fourth-order valence-corrected chi connectivity index (χ4v) is 1.29. The first-order chi connectivity index (χ1) is 6.61. The van der Waals surface area contributed by atoms with Crippen molar-refractivity contribution in [2.45, 2.75) is 38.5 Å². The Morgan fingerprint density at radius 1 is 0.800 bits per heavy atom. The molecule has 5 heteroatoms. The molecule has 0 N–H and O–H groups in total. The second-order valence-corrected chi connectivity index (χ2v) is 3.89. The summed E-state index contributed by atoms with van der Waals surface area (Å²) in [7, 11) is 0. The van der Waals surface area contributed by atoms with Gasteiger partial charge in [0.05, 0.1) is 0 Å². The summed E-state index contributed by atoms with van der Waals surface area (Å²) in [5.74, 6) is -1.96. The van der Waals surface area contributed by atoms with Crippen molar-refractivity contribution < 1.29 is 36.9 Å². The molecule has 0 heterocycles. The van der Waals surface area contributed by atoms with Gasteiger partial charge in [-0.2, -0.15) is 0 Å². The molecule has 1 radical (unpaired) electrons. The van der Waals surface area contributed by atoms with Crippen LogP contribution in [0.1, 0.15) is 38.5 Å². The maximum Gasteiger partial charge on any atom is 2.00 e. The van der Waals surface area contributed by atoms with Crippen molar-refractivity contribution in [2.24, 2.45) is 11.8 Å². The molecule has 0 atom stereocenters. The van der Waals surface area contributed by atoms with Gasteiger partial charge in [0, 0.05) is 11.9 Å². The molecule has 2 saturated carbocycles. The van der Waals surface area contributed by atoms with Gasteiger partial charge < -0.3 is 19.8 Å². The fourth-order valence-electron chi connectivity index (χ4n) is 1.29. The molecule has 4 nitrogen and oxygen atoms in total. The van der Waals surface area contributed by atoms with E-state index in [1.807, 2.05) is 0 Å². The Balaban J connectivity index is 0.000000245. The molecule has 2 aliphatic carbocycles. The van der Waals surface area contributed by atoms with Gasteiger partial charge in [-0.15, -0.1) is 0 Å². The number of aliphatic carboxylic acids is 2. The van der Waals surface area contributed by atoms with Gasteiger partial charge in [0.25, 0.3) is 0 Å². The summed E-state index contributed by atoms with van der Waals surface area (Å²) in [5.41, 5.74) is 0. The second-order valence-electron chi connectivity index (χ2n) is 3.89. The molecule has 0 aromatic rings. The molecule has 2 fully saturated rings. The molecule has 0 aromatic heterocycles. The van der Waals surface area contributed by atoms with E-state index < -0.39 is 11.9 Å². The molecule has 0 aliphatic heterocycles. The van der Waals surface area contributed by atoms with Gasteiger partial charge >= 0.3 is 17.1 Å². The third kappa shape index (κ3) is 4.67. The fraction of sp³-hybridized carbons (Fsp3) is 0.800. The van der Waals surface area contributed by atoms with E-state index in [-0.39, 0.29) is 28.9 Å². The number of carboxylic acid groups (broad SMARTS) is 2. The molecule has 15 heavy (non-hydrogen) atoms. The molecule has 2 rings (SSSR count). The first-order valence-corrected chi connectivity index (χ1v) is 5.03. The SMILES string of the molecule is O=C([O-])C1CCC1.O=C([O-])C1CCC1.[Cu+2]. The van der Waals surface area contributed by atoms with Crippen molar-refractivity contribution in [3.8, 4) is 0 Å². The van der Waals surface area contributed by atoms with E-state index in [1.54, 1.807) is 0 Å². The van der Waals surface area contributed by atoms with Crippen LogP contribution >= 0.6 is 0 Å². The van der Waals surface area contributed by atoms with Crippen LogP contribution in [0.25, 0.3) is 0 Å². The van der Waals surface area contributed by atoms with E-state index >= 15 is 0 Å². The molecule has 0 amide bonds. The zero-order valence-electron chi connectivity index (χ0n) is 8.33. The van der Waals surface area contributed by atoms with Crippen molar-refractivity contribution in [3.63, 3.8) is 0 Å². The minimum atomic E-state index is -0.869. The van der Waals surface area contributed by atoms with Crippen molar-refractivity contribution >= 4 is 11.9 Å². The van der Waals surface area contributed by atoms with E-state index in [0.29, 0.717) is 0 Å². The molecule has 2 aliphatic rings. The normalized spacial score (nSPS) is 19.7. The Hall–Kier alpha value is -0.541. The van der Waals surface area contributed by atoms with Gasteiger partial charge in [-0.25, -0.2) is 0 Å². The molecule has 0 bridgehead atoms. The maximum absolute atomic E-state index is 9.87. The van der Waals surface area contributed by atoms with E-state index in [1.165, 1.54) is 0 Å². The Labute approximate surface area is 99.5 Å². The average Bonchev–Trinajstić information content (AvgIpc) is 1.74. The van der Waals surface area contributed by atoms with Crippen LogP contribution in [0.3, 0.4) is 0 Å². The second kappa shape index (κ2) is 6.85. The summed E-state index contributed by atoms with van der Waals surface area (Å²) in [6, 6.07) is 0. The van der Waals surface area contributed by atoms with Crippen LogP contribution in [0.2, 0.25) is 0 Å². The Morgan fingerprint density at radius 2 is 1.07 bits per heavy atom. The van der Waals surface area contributed by atoms with Crippen LogP contribution in [0.15, 0.2) is 0 Å². The Bertz CT molecular complexity index is 197. The summed E-state index contributed by atoms with van der Waals surface area (Å²) in [6.07, 6.45) is 5.48. The Kier molecular flexibility index (Phi) is 6.61. The van der Waals surface area contributed by atoms with E-state index in [4.69, 9.17) is 0 Å². The minimum Gasteiger partial charge on any atom is -0.550 e. The van der Waals surface area contributed by atoms with Gasteiger partial charge in [-0.05, 0) is 37.5 Å². The number of rotatable bonds is 2. The molecular formula is C10H14CuO4. The maximum atomic E-state index is 9.87. The van der Waals surface area contributed by atoms with Crippen molar-refractivity contribution in [1.29, 1.82) is 0 Å². The molecule has 0 spiro atoms. The summed E-state index contributed by atoms with van der Waals surface area (Å²) in [6.45, 7) is 0. The number of hydrogen-bond donors (Lipinski definition) is 0. The third-order valence-electron chi connectivity index (χ3n) is 2.88. The molecule has 89 valence electrons. The van der Waals surface area contributed by atoms with Gasteiger partial charge in [-0.3, -0.25) is 0 Å². The van der Waals surface area contributed by atoms with E-state index in [2.05, 4.69) is 0 Å². The van der Waals surface area contributed by atoms with Crippen LogP contribution in [-0.2, 0) is 26.7 Å². The zero-order valence-corrected chi connectivity index (χ0v) is 9.27. The van der Waals surface area contributed by atoms with Gasteiger partial charge in [0.2, 0.25) is 0 Å². The van der Waals surface area contributed by atoms with Gasteiger partial charge in [0.15, 0.2) is 0 Å². The van der Waals surface area contributed by atoms with Crippen molar-refractivity contribution in [3.05, 3.63) is 0 Å². The summed E-state index contributed by atoms with van der Waals surface area (Å²) >= 11 is 0. The number of carbonyl (C=O) groups excluding carboxylic acids is 2. The van der Waals surface area contributed by atoms with E-state index in [0.717, 1.165) is 38.5 Å². The number of carbonyl (C=O) groups is 2. The molecule has 0 aromatic carbocycles. The summed E-state index contributed by atoms with van der Waals surface area (Å²) < 4.78 is 0. The van der Waals surface area contributed by atoms with Gasteiger partial charge in [-0.1, -0.05) is 12.8 Å². The van der Waals surface area contributed by atoms with Crippen LogP contribution in [0, 0.1) is 11.8 Å². The summed E-state index contributed by atoms with van der Waals surface area (Å²) in [4.78, 5) is 19.7. The first-order valence-electron chi connectivity index (χ1n) is 5.03. The quantitative estimate of drug-likeness (QED) is 0.602. The standard InChI is InChI=1S/2C5H8O2.Cu/c2*6-5(7)4-2-1-3-4;/h2*4H,1-3H2,(H,6,7);/q;;+2/p-2. The van der Waals surface area contributed by atoms with Crippen LogP contribution in [-0.4, -0.2) is 11.9 Å².